The van der Waals surface area contributed by atoms with E-state index in [1.54, 1.807) is 0 Å². The maximum absolute atomic E-state index is 11.8. The van der Waals surface area contributed by atoms with Crippen LogP contribution >= 0.6 is 7.60 Å². The minimum atomic E-state index is -4.56. The number of likely N-dealkylation sites (N-methyl/N-ethyl adjacent to an activating group) is 1. The van der Waals surface area contributed by atoms with Crippen LogP contribution in [-0.4, -0.2) is 52.4 Å². The van der Waals surface area contributed by atoms with Crippen molar-refractivity contribution in [2.45, 2.75) is 121 Å². The predicted molar refractivity (Wildman–Crippen MR) is 142 cm³/mol. The van der Waals surface area contributed by atoms with Crippen LogP contribution in [0, 0.1) is 0 Å². The molecule has 0 saturated heterocycles. The molecule has 0 aliphatic heterocycles. The molecule has 0 aromatic rings. The molecule has 0 aliphatic carbocycles. The maximum Gasteiger partial charge on any atom is 0.362 e. The van der Waals surface area contributed by atoms with Gasteiger partial charge in [0.2, 0.25) is 5.34 Å². The molecule has 0 fully saturated rings. The molecule has 0 aliphatic rings. The smallest absolute Gasteiger partial charge is 0.362 e. The zero-order chi connectivity index (χ0) is 25.1. The normalized spacial score (nSPS) is 15.0. The first-order chi connectivity index (χ1) is 15.5. The number of hydrogen-bond donors (Lipinski definition) is 3. The van der Waals surface area contributed by atoms with Gasteiger partial charge in [0.05, 0.1) is 21.1 Å². The molecule has 6 heteroatoms. The van der Waals surface area contributed by atoms with Gasteiger partial charge in [-0.3, -0.25) is 4.57 Å². The van der Waals surface area contributed by atoms with Gasteiger partial charge in [0.25, 0.3) is 0 Å². The van der Waals surface area contributed by atoms with Crippen LogP contribution in [0.5, 0.6) is 0 Å². The summed E-state index contributed by atoms with van der Waals surface area (Å²) in [7, 11) is 0.946. The van der Waals surface area contributed by atoms with Gasteiger partial charge in [0, 0.05) is 0 Å². The number of quaternary nitrogens is 1. The van der Waals surface area contributed by atoms with Crippen LogP contribution in [0.15, 0.2) is 24.3 Å². The summed E-state index contributed by atoms with van der Waals surface area (Å²) in [6.45, 7) is 2.31. The lowest BCUT2D eigenvalue weighted by molar-refractivity contribution is -0.875. The lowest BCUT2D eigenvalue weighted by Crippen LogP contribution is -2.49. The van der Waals surface area contributed by atoms with Gasteiger partial charge in [-0.05, 0) is 57.8 Å². The second kappa shape index (κ2) is 18.8. The number of hydrogen-bond acceptors (Lipinski definition) is 2. The lowest BCUT2D eigenvalue weighted by atomic mass is 10.1. The zero-order valence-electron chi connectivity index (χ0n) is 22.2. The lowest BCUT2D eigenvalue weighted by Gasteiger charge is -2.35. The monoisotopic (exact) mass is 488 g/mol. The van der Waals surface area contributed by atoms with E-state index in [1.807, 2.05) is 21.1 Å². The Bertz CT molecular complexity index is 565. The van der Waals surface area contributed by atoms with Gasteiger partial charge in [-0.1, -0.05) is 82.6 Å². The molecule has 33 heavy (non-hydrogen) atoms. The Morgan fingerprint density at radius 2 is 1.06 bits per heavy atom. The number of rotatable bonds is 22. The highest BCUT2D eigenvalue weighted by atomic mass is 31.2. The number of allylic oxidation sites excluding steroid dienone is 4. The highest BCUT2D eigenvalue weighted by Crippen LogP contribution is 2.52. The van der Waals surface area contributed by atoms with Gasteiger partial charge in [0.15, 0.2) is 0 Å². The van der Waals surface area contributed by atoms with Gasteiger partial charge in [-0.15, -0.1) is 0 Å². The van der Waals surface area contributed by atoms with E-state index in [-0.39, 0.29) is 13.0 Å². The first-order valence-corrected chi connectivity index (χ1v) is 15.0. The Morgan fingerprint density at radius 3 is 1.48 bits per heavy atom. The first kappa shape index (κ1) is 32.5. The summed E-state index contributed by atoms with van der Waals surface area (Å²) in [4.78, 5) is 19.2. The summed E-state index contributed by atoms with van der Waals surface area (Å²) in [5.74, 6) is 0. The van der Waals surface area contributed by atoms with Crippen molar-refractivity contribution in [2.75, 3.05) is 27.7 Å². The second-order valence-electron chi connectivity index (χ2n) is 10.7. The van der Waals surface area contributed by atoms with Crippen molar-refractivity contribution >= 4 is 7.60 Å². The third kappa shape index (κ3) is 19.5. The van der Waals surface area contributed by atoms with E-state index in [0.717, 1.165) is 38.5 Å². The average molecular weight is 489 g/mol. The van der Waals surface area contributed by atoms with Crippen LogP contribution in [-0.2, 0) is 4.57 Å². The summed E-state index contributed by atoms with van der Waals surface area (Å²) in [6, 6.07) is 0. The van der Waals surface area contributed by atoms with Crippen molar-refractivity contribution in [3.63, 3.8) is 0 Å². The second-order valence-corrected chi connectivity index (χ2v) is 12.6. The van der Waals surface area contributed by atoms with E-state index in [0.29, 0.717) is 10.9 Å². The fourth-order valence-corrected chi connectivity index (χ4v) is 5.20. The average Bonchev–Trinajstić information content (AvgIpc) is 2.70. The van der Waals surface area contributed by atoms with E-state index in [9.17, 15) is 19.5 Å². The Hall–Kier alpha value is -0.450. The highest BCUT2D eigenvalue weighted by Gasteiger charge is 2.48. The first-order valence-electron chi connectivity index (χ1n) is 13.4. The number of nitrogens with zero attached hydrogens (tertiary/aromatic N) is 1. The Kier molecular flexibility index (Phi) is 18.6. The highest BCUT2D eigenvalue weighted by molar-refractivity contribution is 7.53. The maximum atomic E-state index is 11.8. The van der Waals surface area contributed by atoms with Crippen LogP contribution in [0.1, 0.15) is 116 Å². The zero-order valence-corrected chi connectivity index (χ0v) is 23.1. The van der Waals surface area contributed by atoms with Crippen molar-refractivity contribution in [2.24, 2.45) is 0 Å². The number of aliphatic hydroxyl groups is 1. The van der Waals surface area contributed by atoms with Crippen molar-refractivity contribution in [1.82, 2.24) is 0 Å². The quantitative estimate of drug-likeness (QED) is 0.0645. The molecule has 196 valence electrons. The van der Waals surface area contributed by atoms with Crippen molar-refractivity contribution < 1.29 is 23.9 Å². The van der Waals surface area contributed by atoms with E-state index >= 15 is 0 Å². The molecule has 0 aromatic heterocycles. The predicted octanol–water partition coefficient (Wildman–Crippen LogP) is 7.32. The van der Waals surface area contributed by atoms with E-state index in [2.05, 4.69) is 31.2 Å². The Labute approximate surface area is 205 Å². The van der Waals surface area contributed by atoms with Gasteiger partial charge in [0.1, 0.15) is 6.54 Å². The van der Waals surface area contributed by atoms with Crippen LogP contribution in [0.25, 0.3) is 0 Å². The Balaban J connectivity index is 3.67. The SMILES string of the molecule is CCCCCCCCC/C=C\CCC/C=C\CCCCCCC(O)(C[N+](C)(C)C)P(=O)(O)O. The van der Waals surface area contributed by atoms with E-state index in [4.69, 9.17) is 0 Å². The standard InChI is InChI=1S/C27H54NO4P/c1-5-6-7-8-9-10-11-12-13-14-15-16-17-18-19-20-21-22-23-24-25-27(29,33(30,31)32)26-28(2,3)4/h13-14,18-19,29H,5-12,15-17,20-26H2,1-4H3,(H-,30,31,32)/p+1/b14-13-,19-18-. The molecule has 1 atom stereocenters. The van der Waals surface area contributed by atoms with Crippen molar-refractivity contribution in [3.05, 3.63) is 24.3 Å². The summed E-state index contributed by atoms with van der Waals surface area (Å²) in [5, 5.41) is 8.62. The summed E-state index contributed by atoms with van der Waals surface area (Å²) in [5.41, 5.74) is 0. The topological polar surface area (TPSA) is 77.8 Å². The molecule has 0 spiro atoms. The molecular weight excluding hydrogens is 433 g/mol. The molecule has 3 N–H and O–H groups in total. The van der Waals surface area contributed by atoms with Crippen molar-refractivity contribution in [1.29, 1.82) is 0 Å². The van der Waals surface area contributed by atoms with E-state index < -0.39 is 12.9 Å². The molecule has 0 rings (SSSR count). The molecule has 0 heterocycles. The summed E-state index contributed by atoms with van der Waals surface area (Å²) < 4.78 is 12.1. The molecular formula is C27H55NO4P+. The minimum Gasteiger partial charge on any atom is -0.373 e. The fraction of sp³-hybridized carbons (Fsp3) is 0.852. The molecule has 1 unspecified atom stereocenters. The van der Waals surface area contributed by atoms with Crippen LogP contribution in [0.2, 0.25) is 0 Å². The van der Waals surface area contributed by atoms with Gasteiger partial charge >= 0.3 is 7.60 Å². The van der Waals surface area contributed by atoms with Gasteiger partial charge in [-0.2, -0.15) is 0 Å². The molecule has 0 saturated carbocycles. The number of unbranched alkanes of at least 4 members (excludes halogenated alkanes) is 13. The van der Waals surface area contributed by atoms with Crippen LogP contribution in [0.3, 0.4) is 0 Å². The van der Waals surface area contributed by atoms with Gasteiger partial charge < -0.3 is 19.4 Å². The molecule has 0 radical (unpaired) electrons. The van der Waals surface area contributed by atoms with E-state index in [1.165, 1.54) is 57.8 Å². The summed E-state index contributed by atoms with van der Waals surface area (Å²) >= 11 is 0. The largest absolute Gasteiger partial charge is 0.373 e. The molecule has 0 amide bonds. The minimum absolute atomic E-state index is 0.0499. The van der Waals surface area contributed by atoms with Crippen LogP contribution in [0.4, 0.5) is 0 Å². The third-order valence-electron chi connectivity index (χ3n) is 6.02. The molecule has 0 aromatic carbocycles. The summed E-state index contributed by atoms with van der Waals surface area (Å²) in [6.07, 6.45) is 28.4. The fourth-order valence-electron chi connectivity index (χ4n) is 4.14. The molecule has 0 bridgehead atoms. The van der Waals surface area contributed by atoms with Crippen LogP contribution < -0.4 is 0 Å². The Morgan fingerprint density at radius 1 is 0.667 bits per heavy atom. The molecule has 5 nitrogen and oxygen atoms in total. The van der Waals surface area contributed by atoms with Gasteiger partial charge in [-0.25, -0.2) is 0 Å². The third-order valence-corrected chi connectivity index (χ3v) is 7.47. The van der Waals surface area contributed by atoms with Crippen molar-refractivity contribution in [3.8, 4) is 0 Å².